The van der Waals surface area contributed by atoms with Gasteiger partial charge in [-0.15, -0.1) is 0 Å². The van der Waals surface area contributed by atoms with Crippen LogP contribution in [0.25, 0.3) is 0 Å². The molecular formula is C35H26O10P2. The lowest BCUT2D eigenvalue weighted by Gasteiger charge is -2.22. The maximum atomic E-state index is 11.7. The molecule has 0 aliphatic heterocycles. The number of aldehydes is 4. The van der Waals surface area contributed by atoms with Crippen LogP contribution in [0.1, 0.15) is 47.0 Å². The van der Waals surface area contributed by atoms with E-state index in [2.05, 4.69) is 0 Å². The Hall–Kier alpha value is -5.40. The molecule has 0 aliphatic rings. The van der Waals surface area contributed by atoms with Gasteiger partial charge in [0.05, 0.1) is 28.9 Å². The van der Waals surface area contributed by atoms with Crippen LogP contribution in [0.15, 0.2) is 121 Å². The van der Waals surface area contributed by atoms with Crippen molar-refractivity contribution >= 4 is 42.3 Å². The first-order chi connectivity index (χ1) is 23.1. The van der Waals surface area contributed by atoms with E-state index in [-0.39, 0.29) is 51.9 Å². The largest absolute Gasteiger partial charge is 0.530 e. The quantitative estimate of drug-likeness (QED) is 0.0703. The van der Waals surface area contributed by atoms with Crippen LogP contribution in [-0.4, -0.2) is 25.1 Å². The normalized spacial score (nSPS) is 10.6. The minimum absolute atomic E-state index is 0.104. The molecule has 0 N–H and O–H groups in total. The van der Waals surface area contributed by atoms with Crippen LogP contribution in [-0.2, 0) is 11.1 Å². The van der Waals surface area contributed by atoms with Gasteiger partial charge in [-0.3, -0.25) is 23.7 Å². The molecule has 0 bridgehead atoms. The molecule has 5 aromatic carbocycles. The van der Waals surface area contributed by atoms with Gasteiger partial charge < -0.3 is 22.6 Å². The van der Waals surface area contributed by atoms with Gasteiger partial charge in [0.1, 0.15) is 28.7 Å². The SMILES string of the molecule is O=Cc1ccccc1OP(OCc1ccccc1OP(Oc1ccccc1C=O)Oc1ccccc1C=O)Oc1ccccc1C=O. The molecule has 0 unspecified atom stereocenters. The standard InChI is InChI=1S/C35H26O10P2/c36-21-26-11-1-6-16-31(26)41-46(42-32-17-7-2-12-27(32)22-37)40-25-30-15-5-10-20-35(30)45-47(43-33-18-8-3-13-28(33)23-38)44-34-19-9-4-14-29(34)24-39/h1-24H,25H2. The van der Waals surface area contributed by atoms with Gasteiger partial charge in [0.25, 0.3) is 0 Å². The predicted molar refractivity (Wildman–Crippen MR) is 176 cm³/mol. The average molecular weight is 669 g/mol. The first-order valence-electron chi connectivity index (χ1n) is 14.0. The number of para-hydroxylation sites is 5. The molecule has 0 radical (unpaired) electrons. The summed E-state index contributed by atoms with van der Waals surface area (Å²) >= 11 is 0. The summed E-state index contributed by atoms with van der Waals surface area (Å²) in [6, 6.07) is 33.3. The Morgan fingerprint density at radius 1 is 0.383 bits per heavy atom. The van der Waals surface area contributed by atoms with E-state index in [0.29, 0.717) is 36.5 Å². The van der Waals surface area contributed by atoms with Crippen LogP contribution in [0.4, 0.5) is 0 Å². The van der Waals surface area contributed by atoms with Crippen molar-refractivity contribution in [3.8, 4) is 28.7 Å². The van der Waals surface area contributed by atoms with Gasteiger partial charge in [-0.2, -0.15) is 0 Å². The maximum Gasteiger partial charge on any atom is 0.530 e. The summed E-state index contributed by atoms with van der Waals surface area (Å²) in [6.07, 6.45) is 2.61. The van der Waals surface area contributed by atoms with E-state index in [4.69, 9.17) is 27.1 Å². The highest BCUT2D eigenvalue weighted by atomic mass is 31.2. The van der Waals surface area contributed by atoms with Crippen molar-refractivity contribution in [3.05, 3.63) is 149 Å². The van der Waals surface area contributed by atoms with Gasteiger partial charge in [0.15, 0.2) is 25.1 Å². The van der Waals surface area contributed by atoms with Gasteiger partial charge in [-0.1, -0.05) is 66.7 Å². The van der Waals surface area contributed by atoms with E-state index in [1.54, 1.807) is 121 Å². The maximum absolute atomic E-state index is 11.7. The van der Waals surface area contributed by atoms with Crippen molar-refractivity contribution in [1.82, 2.24) is 0 Å². The fraction of sp³-hybridized carbons (Fsp3) is 0.0286. The molecule has 10 nitrogen and oxygen atoms in total. The molecule has 0 fully saturated rings. The van der Waals surface area contributed by atoms with Crippen LogP contribution in [0, 0.1) is 0 Å². The van der Waals surface area contributed by atoms with E-state index in [9.17, 15) is 19.2 Å². The fourth-order valence-corrected chi connectivity index (χ4v) is 6.15. The highest BCUT2D eigenvalue weighted by Crippen LogP contribution is 2.47. The minimum Gasteiger partial charge on any atom is -0.417 e. The second-order valence-electron chi connectivity index (χ2n) is 9.41. The molecule has 47 heavy (non-hydrogen) atoms. The van der Waals surface area contributed by atoms with E-state index >= 15 is 0 Å². The molecule has 5 rings (SSSR count). The fourth-order valence-electron chi connectivity index (χ4n) is 4.01. The summed E-state index contributed by atoms with van der Waals surface area (Å²) in [7, 11) is -4.49. The zero-order valence-electron chi connectivity index (χ0n) is 24.5. The summed E-state index contributed by atoms with van der Waals surface area (Å²) in [4.78, 5) is 46.7. The summed E-state index contributed by atoms with van der Waals surface area (Å²) in [5, 5.41) is 0. The molecule has 5 aromatic rings. The zero-order valence-corrected chi connectivity index (χ0v) is 26.3. The van der Waals surface area contributed by atoms with Crippen LogP contribution < -0.4 is 22.6 Å². The summed E-state index contributed by atoms with van der Waals surface area (Å²) in [5.74, 6) is 1.21. The Kier molecular flexibility index (Phi) is 11.8. The molecule has 0 atom stereocenters. The van der Waals surface area contributed by atoms with E-state index in [0.717, 1.165) is 0 Å². The Morgan fingerprint density at radius 2 is 0.681 bits per heavy atom. The number of hydrogen-bond donors (Lipinski definition) is 0. The number of rotatable bonds is 17. The van der Waals surface area contributed by atoms with Crippen LogP contribution >= 0.6 is 17.2 Å². The minimum atomic E-state index is -2.28. The Morgan fingerprint density at radius 3 is 1.06 bits per heavy atom. The number of benzene rings is 5. The molecule has 0 saturated heterocycles. The van der Waals surface area contributed by atoms with Crippen LogP contribution in [0.3, 0.4) is 0 Å². The van der Waals surface area contributed by atoms with Gasteiger partial charge in [-0.05, 0) is 54.6 Å². The third-order valence-corrected chi connectivity index (χ3v) is 8.42. The average Bonchev–Trinajstić information content (AvgIpc) is 3.12. The van der Waals surface area contributed by atoms with Crippen LogP contribution in [0.2, 0.25) is 0 Å². The number of hydrogen-bond acceptors (Lipinski definition) is 10. The third kappa shape index (κ3) is 8.87. The van der Waals surface area contributed by atoms with Crippen molar-refractivity contribution in [1.29, 1.82) is 0 Å². The summed E-state index contributed by atoms with van der Waals surface area (Å²) in [6.45, 7) is -0.104. The van der Waals surface area contributed by atoms with Crippen molar-refractivity contribution in [2.75, 3.05) is 0 Å². The first-order valence-corrected chi connectivity index (χ1v) is 16.2. The predicted octanol–water partition coefficient (Wildman–Crippen LogP) is 8.60. The third-order valence-electron chi connectivity index (χ3n) is 6.35. The van der Waals surface area contributed by atoms with Gasteiger partial charge in [-0.25, -0.2) is 0 Å². The highest BCUT2D eigenvalue weighted by molar-refractivity contribution is 7.43. The smallest absolute Gasteiger partial charge is 0.417 e. The monoisotopic (exact) mass is 668 g/mol. The van der Waals surface area contributed by atoms with E-state index < -0.39 is 17.2 Å². The molecule has 0 amide bonds. The van der Waals surface area contributed by atoms with Crippen LogP contribution in [0.5, 0.6) is 28.7 Å². The van der Waals surface area contributed by atoms with Crippen molar-refractivity contribution in [2.24, 2.45) is 0 Å². The Labute approximate surface area is 272 Å². The number of carbonyl (C=O) groups is 4. The zero-order chi connectivity index (χ0) is 32.8. The van der Waals surface area contributed by atoms with Gasteiger partial charge in [0, 0.05) is 5.56 Å². The molecule has 0 aromatic heterocycles. The van der Waals surface area contributed by atoms with Crippen molar-refractivity contribution < 1.29 is 46.3 Å². The summed E-state index contributed by atoms with van der Waals surface area (Å²) in [5.41, 5.74) is 1.65. The topological polar surface area (TPSA) is 124 Å². The first kappa shape index (κ1) is 33.0. The second-order valence-corrected chi connectivity index (χ2v) is 11.5. The Bertz CT molecular complexity index is 1740. The van der Waals surface area contributed by atoms with E-state index in [1.165, 1.54) is 0 Å². The lowest BCUT2D eigenvalue weighted by atomic mass is 10.2. The molecule has 0 aliphatic carbocycles. The molecule has 12 heteroatoms. The van der Waals surface area contributed by atoms with Crippen molar-refractivity contribution in [3.63, 3.8) is 0 Å². The molecular weight excluding hydrogens is 642 g/mol. The van der Waals surface area contributed by atoms with Crippen molar-refractivity contribution in [2.45, 2.75) is 6.61 Å². The second kappa shape index (κ2) is 16.8. The lowest BCUT2D eigenvalue weighted by molar-refractivity contribution is 0.111. The molecule has 236 valence electrons. The molecule has 0 saturated carbocycles. The highest BCUT2D eigenvalue weighted by Gasteiger charge is 2.26. The Balaban J connectivity index is 1.41. The van der Waals surface area contributed by atoms with Gasteiger partial charge in [0.2, 0.25) is 0 Å². The van der Waals surface area contributed by atoms with Gasteiger partial charge >= 0.3 is 17.2 Å². The summed E-state index contributed by atoms with van der Waals surface area (Å²) < 4.78 is 36.5. The lowest BCUT2D eigenvalue weighted by Crippen LogP contribution is -2.07. The molecule has 0 spiro atoms. The molecule has 0 heterocycles. The number of carbonyl (C=O) groups excluding carboxylic acids is 4. The van der Waals surface area contributed by atoms with E-state index in [1.807, 2.05) is 0 Å².